The lowest BCUT2D eigenvalue weighted by Gasteiger charge is -2.05. The minimum absolute atomic E-state index is 0.296. The van der Waals surface area contributed by atoms with E-state index in [4.69, 9.17) is 10.2 Å². The van der Waals surface area contributed by atoms with Gasteiger partial charge in [0.1, 0.15) is 0 Å². The summed E-state index contributed by atoms with van der Waals surface area (Å²) in [4.78, 5) is 19.3. The van der Waals surface area contributed by atoms with Crippen molar-refractivity contribution in [2.45, 2.75) is 38.5 Å². The summed E-state index contributed by atoms with van der Waals surface area (Å²) >= 11 is 0. The molecule has 4 nitrogen and oxygen atoms in total. The highest BCUT2D eigenvalue weighted by molar-refractivity contribution is 5.75. The van der Waals surface area contributed by atoms with Crippen LogP contribution in [-0.4, -0.2) is 22.2 Å². The Morgan fingerprint density at radius 2 is 1.08 bits per heavy atom. The SMILES string of the molecule is C1CCC1.O=C(O)CCC(=O)O. The van der Waals surface area contributed by atoms with Gasteiger partial charge in [-0.2, -0.15) is 0 Å². The Morgan fingerprint density at radius 3 is 1.17 bits per heavy atom. The summed E-state index contributed by atoms with van der Waals surface area (Å²) in [5.74, 6) is -2.15. The Bertz CT molecular complexity index is 131. The topological polar surface area (TPSA) is 74.6 Å². The first-order chi connectivity index (χ1) is 5.63. The fourth-order valence-electron chi connectivity index (χ4n) is 0.464. The molecule has 0 amide bonds. The number of carboxylic acids is 2. The molecular formula is C8H14O4. The minimum Gasteiger partial charge on any atom is -0.481 e. The number of carboxylic acid groups (broad SMARTS) is 2. The second-order valence-electron chi connectivity index (χ2n) is 2.70. The highest BCUT2D eigenvalue weighted by atomic mass is 16.4. The van der Waals surface area contributed by atoms with E-state index >= 15 is 0 Å². The van der Waals surface area contributed by atoms with E-state index in [2.05, 4.69) is 0 Å². The van der Waals surface area contributed by atoms with Gasteiger partial charge in [-0.25, -0.2) is 0 Å². The number of aliphatic carboxylic acids is 2. The highest BCUT2D eigenvalue weighted by Gasteiger charge is 2.00. The van der Waals surface area contributed by atoms with Crippen LogP contribution in [0.15, 0.2) is 0 Å². The summed E-state index contributed by atoms with van der Waals surface area (Å²) in [7, 11) is 0. The van der Waals surface area contributed by atoms with Crippen molar-refractivity contribution in [2.24, 2.45) is 0 Å². The first kappa shape index (κ1) is 10.9. The van der Waals surface area contributed by atoms with E-state index in [9.17, 15) is 9.59 Å². The Hall–Kier alpha value is -1.06. The zero-order chi connectivity index (χ0) is 9.40. The Morgan fingerprint density at radius 1 is 0.833 bits per heavy atom. The van der Waals surface area contributed by atoms with Gasteiger partial charge in [0.15, 0.2) is 0 Å². The average molecular weight is 174 g/mol. The van der Waals surface area contributed by atoms with Gasteiger partial charge in [0, 0.05) is 0 Å². The van der Waals surface area contributed by atoms with Gasteiger partial charge < -0.3 is 10.2 Å². The quantitative estimate of drug-likeness (QED) is 0.679. The Labute approximate surface area is 71.2 Å². The van der Waals surface area contributed by atoms with Crippen LogP contribution >= 0.6 is 0 Å². The third kappa shape index (κ3) is 8.94. The van der Waals surface area contributed by atoms with Crippen LogP contribution in [0, 0.1) is 0 Å². The molecule has 1 saturated carbocycles. The van der Waals surface area contributed by atoms with Crippen LogP contribution in [0.25, 0.3) is 0 Å². The summed E-state index contributed by atoms with van der Waals surface area (Å²) in [6.45, 7) is 0. The molecule has 70 valence electrons. The second-order valence-corrected chi connectivity index (χ2v) is 2.70. The van der Waals surface area contributed by atoms with Gasteiger partial charge in [-0.15, -0.1) is 0 Å². The maximum atomic E-state index is 9.64. The lowest BCUT2D eigenvalue weighted by molar-refractivity contribution is -0.143. The number of hydrogen-bond acceptors (Lipinski definition) is 2. The molecule has 0 radical (unpaired) electrons. The predicted molar refractivity (Wildman–Crippen MR) is 43.0 cm³/mol. The van der Waals surface area contributed by atoms with Crippen molar-refractivity contribution in [2.75, 3.05) is 0 Å². The van der Waals surface area contributed by atoms with Crippen molar-refractivity contribution in [1.82, 2.24) is 0 Å². The van der Waals surface area contributed by atoms with Gasteiger partial charge in [-0.05, 0) is 0 Å². The molecule has 0 aromatic rings. The van der Waals surface area contributed by atoms with E-state index in [0.717, 1.165) is 0 Å². The summed E-state index contributed by atoms with van der Waals surface area (Å²) in [6, 6.07) is 0. The summed E-state index contributed by atoms with van der Waals surface area (Å²) < 4.78 is 0. The summed E-state index contributed by atoms with van der Waals surface area (Å²) in [5, 5.41) is 15.8. The first-order valence-corrected chi connectivity index (χ1v) is 4.06. The van der Waals surface area contributed by atoms with Gasteiger partial charge in [0.2, 0.25) is 0 Å². The molecule has 0 aromatic heterocycles. The fourth-order valence-corrected chi connectivity index (χ4v) is 0.464. The lowest BCUT2D eigenvalue weighted by Crippen LogP contribution is -2.00. The van der Waals surface area contributed by atoms with Crippen LogP contribution in [0.4, 0.5) is 0 Å². The molecule has 0 heterocycles. The van der Waals surface area contributed by atoms with Gasteiger partial charge in [-0.3, -0.25) is 9.59 Å². The molecule has 0 bridgehead atoms. The summed E-state index contributed by atoms with van der Waals surface area (Å²) in [6.07, 6.45) is 5.41. The van der Waals surface area contributed by atoms with Gasteiger partial charge >= 0.3 is 11.9 Å². The molecule has 1 rings (SSSR count). The molecule has 0 spiro atoms. The van der Waals surface area contributed by atoms with Crippen molar-refractivity contribution in [3.05, 3.63) is 0 Å². The van der Waals surface area contributed by atoms with E-state index in [0.29, 0.717) is 0 Å². The van der Waals surface area contributed by atoms with E-state index in [-0.39, 0.29) is 12.8 Å². The molecule has 0 atom stereocenters. The molecule has 12 heavy (non-hydrogen) atoms. The van der Waals surface area contributed by atoms with Crippen LogP contribution in [0.3, 0.4) is 0 Å². The van der Waals surface area contributed by atoms with Crippen molar-refractivity contribution < 1.29 is 19.8 Å². The van der Waals surface area contributed by atoms with E-state index in [1.54, 1.807) is 0 Å². The third-order valence-corrected chi connectivity index (χ3v) is 1.55. The van der Waals surface area contributed by atoms with Crippen LogP contribution in [-0.2, 0) is 9.59 Å². The van der Waals surface area contributed by atoms with Crippen LogP contribution in [0.1, 0.15) is 38.5 Å². The molecule has 4 heteroatoms. The maximum absolute atomic E-state index is 9.64. The average Bonchev–Trinajstić information content (AvgIpc) is 1.79. The molecule has 1 aliphatic carbocycles. The standard InChI is InChI=1S/C4H6O4.C4H8/c5-3(6)1-2-4(7)8;1-2-4-3-1/h1-2H2,(H,5,6)(H,7,8);1-4H2. The van der Waals surface area contributed by atoms with Gasteiger partial charge in [0.05, 0.1) is 12.8 Å². The molecular weight excluding hydrogens is 160 g/mol. The van der Waals surface area contributed by atoms with Gasteiger partial charge in [-0.1, -0.05) is 25.7 Å². The van der Waals surface area contributed by atoms with Crippen LogP contribution < -0.4 is 0 Å². The molecule has 0 unspecified atom stereocenters. The number of carbonyl (C=O) groups is 2. The zero-order valence-electron chi connectivity index (χ0n) is 6.95. The summed E-state index contributed by atoms with van der Waals surface area (Å²) in [5.41, 5.74) is 0. The van der Waals surface area contributed by atoms with Crippen molar-refractivity contribution in [3.8, 4) is 0 Å². The first-order valence-electron chi connectivity index (χ1n) is 4.06. The van der Waals surface area contributed by atoms with E-state index < -0.39 is 11.9 Å². The fraction of sp³-hybridized carbons (Fsp3) is 0.750. The minimum atomic E-state index is -1.08. The monoisotopic (exact) mass is 174 g/mol. The van der Waals surface area contributed by atoms with Crippen LogP contribution in [0.5, 0.6) is 0 Å². The predicted octanol–water partition coefficient (Wildman–Crippen LogP) is 1.50. The molecule has 1 fully saturated rings. The maximum Gasteiger partial charge on any atom is 0.303 e. The second kappa shape index (κ2) is 6.64. The number of rotatable bonds is 3. The van der Waals surface area contributed by atoms with Crippen molar-refractivity contribution >= 4 is 11.9 Å². The normalized spacial score (nSPS) is 13.7. The molecule has 0 saturated heterocycles. The molecule has 1 aliphatic rings. The molecule has 2 N–H and O–H groups in total. The molecule has 0 aromatic carbocycles. The van der Waals surface area contributed by atoms with Crippen molar-refractivity contribution in [3.63, 3.8) is 0 Å². The Kier molecular flexibility index (Phi) is 6.05. The van der Waals surface area contributed by atoms with Crippen molar-refractivity contribution in [1.29, 1.82) is 0 Å². The van der Waals surface area contributed by atoms with Gasteiger partial charge in [0.25, 0.3) is 0 Å². The third-order valence-electron chi connectivity index (χ3n) is 1.55. The largest absolute Gasteiger partial charge is 0.481 e. The zero-order valence-corrected chi connectivity index (χ0v) is 6.95. The highest BCUT2D eigenvalue weighted by Crippen LogP contribution is 2.15. The smallest absolute Gasteiger partial charge is 0.303 e. The van der Waals surface area contributed by atoms with Crippen LogP contribution in [0.2, 0.25) is 0 Å². The molecule has 0 aliphatic heterocycles. The van der Waals surface area contributed by atoms with E-state index in [1.807, 2.05) is 0 Å². The number of hydrogen-bond donors (Lipinski definition) is 2. The van der Waals surface area contributed by atoms with E-state index in [1.165, 1.54) is 25.7 Å². The Balaban J connectivity index is 0.000000247. The lowest BCUT2D eigenvalue weighted by atomic mass is 10.0.